The number of rotatable bonds is 5. The van der Waals surface area contributed by atoms with Gasteiger partial charge in [0.05, 0.1) is 23.0 Å². The molecule has 30 heavy (non-hydrogen) atoms. The molecular weight excluding hydrogens is 404 g/mol. The zero-order valence-corrected chi connectivity index (χ0v) is 18.7. The molecule has 1 aromatic heterocycles. The van der Waals surface area contributed by atoms with Crippen molar-refractivity contribution in [3.05, 3.63) is 58.0 Å². The van der Waals surface area contributed by atoms with E-state index in [9.17, 15) is 18.0 Å². The van der Waals surface area contributed by atoms with Crippen LogP contribution in [0.4, 0.5) is 11.4 Å². The summed E-state index contributed by atoms with van der Waals surface area (Å²) < 4.78 is 29.3. The molecule has 1 heterocycles. The van der Waals surface area contributed by atoms with Gasteiger partial charge in [-0.05, 0) is 56.2 Å². The normalized spacial score (nSPS) is 12.7. The van der Waals surface area contributed by atoms with Crippen molar-refractivity contribution in [2.45, 2.75) is 26.8 Å². The number of amides is 1. The van der Waals surface area contributed by atoms with Crippen molar-refractivity contribution in [3.8, 4) is 0 Å². The number of hydrogen-bond donors (Lipinski definition) is 1. The first kappa shape index (κ1) is 21.6. The molecular formula is C21H26N4O4S. The van der Waals surface area contributed by atoms with E-state index in [1.165, 1.54) is 9.13 Å². The summed E-state index contributed by atoms with van der Waals surface area (Å²) in [7, 11) is -0.376. The van der Waals surface area contributed by atoms with Gasteiger partial charge in [0.15, 0.2) is 0 Å². The summed E-state index contributed by atoms with van der Waals surface area (Å²) in [5.41, 5.74) is 3.85. The third-order valence-electron chi connectivity index (χ3n) is 5.23. The van der Waals surface area contributed by atoms with Gasteiger partial charge in [0.1, 0.15) is 6.04 Å². The maximum atomic E-state index is 13.0. The molecule has 0 radical (unpaired) electrons. The monoisotopic (exact) mass is 430 g/mol. The van der Waals surface area contributed by atoms with Crippen molar-refractivity contribution in [2.75, 3.05) is 15.9 Å². The third-order valence-corrected chi connectivity index (χ3v) is 6.46. The fourth-order valence-electron chi connectivity index (χ4n) is 3.57. The van der Waals surface area contributed by atoms with E-state index in [1.54, 1.807) is 52.2 Å². The third kappa shape index (κ3) is 3.85. The van der Waals surface area contributed by atoms with Crippen LogP contribution in [0.3, 0.4) is 0 Å². The first-order chi connectivity index (χ1) is 13.9. The topological polar surface area (TPSA) is 93.4 Å². The molecule has 0 saturated heterocycles. The molecule has 9 heteroatoms. The molecule has 0 aliphatic rings. The molecule has 3 aromatic rings. The number of aromatic nitrogens is 2. The molecule has 1 N–H and O–H groups in total. The van der Waals surface area contributed by atoms with E-state index in [0.717, 1.165) is 27.2 Å². The van der Waals surface area contributed by atoms with Crippen LogP contribution in [0.25, 0.3) is 11.0 Å². The van der Waals surface area contributed by atoms with E-state index in [1.807, 2.05) is 19.1 Å². The minimum Gasteiger partial charge on any atom is -0.324 e. The lowest BCUT2D eigenvalue weighted by Gasteiger charge is -2.29. The number of carbonyl (C=O) groups excluding carboxylic acids is 1. The van der Waals surface area contributed by atoms with E-state index < -0.39 is 22.0 Å². The molecule has 2 aromatic carbocycles. The fraction of sp³-hybridized carbons (Fsp3) is 0.333. The number of imidazole rings is 1. The Kier molecular flexibility index (Phi) is 5.51. The smallest absolute Gasteiger partial charge is 0.324 e. The van der Waals surface area contributed by atoms with Gasteiger partial charge in [0.25, 0.3) is 0 Å². The van der Waals surface area contributed by atoms with Gasteiger partial charge < -0.3 is 5.32 Å². The average Bonchev–Trinajstić information content (AvgIpc) is 2.87. The zero-order chi connectivity index (χ0) is 22.4. The minimum absolute atomic E-state index is 0.167. The molecule has 0 saturated carbocycles. The second kappa shape index (κ2) is 7.64. The number of carbonyl (C=O) groups is 1. The van der Waals surface area contributed by atoms with Gasteiger partial charge in [0.2, 0.25) is 15.9 Å². The van der Waals surface area contributed by atoms with Crippen molar-refractivity contribution in [1.82, 2.24) is 9.13 Å². The Morgan fingerprint density at radius 3 is 2.30 bits per heavy atom. The Hall–Kier alpha value is -3.07. The Morgan fingerprint density at radius 1 is 1.03 bits per heavy atom. The maximum Gasteiger partial charge on any atom is 0.328 e. The highest BCUT2D eigenvalue weighted by Crippen LogP contribution is 2.27. The summed E-state index contributed by atoms with van der Waals surface area (Å²) in [5.74, 6) is -0.471. The van der Waals surface area contributed by atoms with Crippen LogP contribution in [0, 0.1) is 13.8 Å². The molecule has 1 amide bonds. The molecule has 1 unspecified atom stereocenters. The van der Waals surface area contributed by atoms with Crippen LogP contribution in [0.2, 0.25) is 0 Å². The molecule has 1 atom stereocenters. The lowest BCUT2D eigenvalue weighted by atomic mass is 10.1. The van der Waals surface area contributed by atoms with Gasteiger partial charge in [-0.2, -0.15) is 0 Å². The summed E-state index contributed by atoms with van der Waals surface area (Å²) in [4.78, 5) is 25.1. The molecule has 0 fully saturated rings. The van der Waals surface area contributed by atoms with Gasteiger partial charge in [-0.3, -0.25) is 18.2 Å². The minimum atomic E-state index is -3.71. The first-order valence-electron chi connectivity index (χ1n) is 9.45. The van der Waals surface area contributed by atoms with Gasteiger partial charge in [-0.15, -0.1) is 0 Å². The number of hydrogen-bond acceptors (Lipinski definition) is 4. The molecule has 160 valence electrons. The van der Waals surface area contributed by atoms with Crippen LogP contribution in [-0.2, 0) is 28.9 Å². The standard InChI is InChI=1S/C21H26N4O4S/c1-13-7-8-14(2)18(11-13)25(30(6,28)29)15(3)20(26)22-16-9-10-17-19(12-16)24(5)21(27)23(17)4/h7-12,15H,1-6H3,(H,22,26). The molecule has 0 bridgehead atoms. The largest absolute Gasteiger partial charge is 0.328 e. The van der Waals surface area contributed by atoms with Gasteiger partial charge in [-0.1, -0.05) is 12.1 Å². The number of sulfonamides is 1. The maximum absolute atomic E-state index is 13.0. The Bertz CT molecular complexity index is 1300. The molecule has 3 rings (SSSR count). The van der Waals surface area contributed by atoms with Crippen LogP contribution in [-0.4, -0.2) is 35.8 Å². The Morgan fingerprint density at radius 2 is 1.67 bits per heavy atom. The highest BCUT2D eigenvalue weighted by molar-refractivity contribution is 7.92. The Balaban J connectivity index is 1.97. The van der Waals surface area contributed by atoms with Crippen LogP contribution >= 0.6 is 0 Å². The average molecular weight is 431 g/mol. The molecule has 8 nitrogen and oxygen atoms in total. The number of nitrogens with one attached hydrogen (secondary N) is 1. The highest BCUT2D eigenvalue weighted by atomic mass is 32.2. The number of aryl methyl sites for hydroxylation is 4. The highest BCUT2D eigenvalue weighted by Gasteiger charge is 2.30. The second-order valence-corrected chi connectivity index (χ2v) is 9.48. The van der Waals surface area contributed by atoms with E-state index in [-0.39, 0.29) is 5.69 Å². The number of nitrogens with zero attached hydrogens (tertiary/aromatic N) is 3. The molecule has 0 spiro atoms. The summed E-state index contributed by atoms with van der Waals surface area (Å²) in [5, 5.41) is 2.78. The van der Waals surface area contributed by atoms with Crippen LogP contribution in [0.5, 0.6) is 0 Å². The van der Waals surface area contributed by atoms with Crippen molar-refractivity contribution in [1.29, 1.82) is 0 Å². The van der Waals surface area contributed by atoms with E-state index >= 15 is 0 Å². The fourth-order valence-corrected chi connectivity index (χ4v) is 4.79. The lowest BCUT2D eigenvalue weighted by Crippen LogP contribution is -2.45. The second-order valence-electron chi connectivity index (χ2n) is 7.62. The van der Waals surface area contributed by atoms with Gasteiger partial charge >= 0.3 is 5.69 Å². The number of anilines is 2. The van der Waals surface area contributed by atoms with Crippen LogP contribution in [0.1, 0.15) is 18.1 Å². The van der Waals surface area contributed by atoms with Crippen molar-refractivity contribution in [2.24, 2.45) is 14.1 Å². The quantitative estimate of drug-likeness (QED) is 0.672. The van der Waals surface area contributed by atoms with Gasteiger partial charge in [0, 0.05) is 19.8 Å². The van der Waals surface area contributed by atoms with Gasteiger partial charge in [-0.25, -0.2) is 13.2 Å². The van der Waals surface area contributed by atoms with E-state index in [2.05, 4.69) is 5.32 Å². The Labute approximate surface area is 175 Å². The summed E-state index contributed by atoms with van der Waals surface area (Å²) >= 11 is 0. The van der Waals surface area contributed by atoms with Crippen LogP contribution in [0.15, 0.2) is 41.2 Å². The summed E-state index contributed by atoms with van der Waals surface area (Å²) in [6.45, 7) is 5.23. The van der Waals surface area contributed by atoms with E-state index in [0.29, 0.717) is 16.9 Å². The molecule has 0 aliphatic heterocycles. The lowest BCUT2D eigenvalue weighted by molar-refractivity contribution is -0.116. The summed E-state index contributed by atoms with van der Waals surface area (Å²) in [6, 6.07) is 9.64. The SMILES string of the molecule is Cc1ccc(C)c(N(C(C)C(=O)Nc2ccc3c(c2)n(C)c(=O)n3C)S(C)(=O)=O)c1. The van der Waals surface area contributed by atoms with Crippen LogP contribution < -0.4 is 15.3 Å². The summed E-state index contributed by atoms with van der Waals surface area (Å²) in [6.07, 6.45) is 1.09. The number of benzene rings is 2. The van der Waals surface area contributed by atoms with Crippen molar-refractivity contribution >= 4 is 38.3 Å². The van der Waals surface area contributed by atoms with Crippen molar-refractivity contribution in [3.63, 3.8) is 0 Å². The van der Waals surface area contributed by atoms with E-state index in [4.69, 9.17) is 0 Å². The van der Waals surface area contributed by atoms with Crippen molar-refractivity contribution < 1.29 is 13.2 Å². The predicted molar refractivity (Wildman–Crippen MR) is 119 cm³/mol. The zero-order valence-electron chi connectivity index (χ0n) is 17.9. The predicted octanol–water partition coefficient (Wildman–Crippen LogP) is 2.29. The first-order valence-corrected chi connectivity index (χ1v) is 11.3. The molecule has 0 aliphatic carbocycles. The number of fused-ring (bicyclic) bond motifs is 1.